The van der Waals surface area contributed by atoms with Crippen LogP contribution < -0.4 is 21.9 Å². The van der Waals surface area contributed by atoms with E-state index in [4.69, 9.17) is 11.1 Å². The highest BCUT2D eigenvalue weighted by molar-refractivity contribution is 6.43. The van der Waals surface area contributed by atoms with Gasteiger partial charge in [0.15, 0.2) is 0 Å². The first-order valence-corrected chi connectivity index (χ1v) is 11.1. The van der Waals surface area contributed by atoms with E-state index >= 15 is 0 Å². The summed E-state index contributed by atoms with van der Waals surface area (Å²) in [5, 5.41) is 10.8. The zero-order chi connectivity index (χ0) is 23.5. The molecule has 0 aromatic carbocycles. The number of pyridine rings is 1. The molecule has 2 aliphatic heterocycles. The smallest absolute Gasteiger partial charge is 0.313 e. The monoisotopic (exact) mass is 444 g/mol. The first-order valence-electron chi connectivity index (χ1n) is 11.1. The van der Waals surface area contributed by atoms with Crippen molar-refractivity contribution in [1.29, 1.82) is 0 Å². The molecule has 32 heavy (non-hydrogen) atoms. The molecule has 10 nitrogen and oxygen atoms in total. The van der Waals surface area contributed by atoms with E-state index in [0.717, 1.165) is 32.4 Å². The maximum Gasteiger partial charge on any atom is 0.313 e. The van der Waals surface area contributed by atoms with Crippen LogP contribution in [0.4, 0.5) is 5.69 Å². The first kappa shape index (κ1) is 23.6. The number of rotatable bonds is 7. The Morgan fingerprint density at radius 1 is 1.28 bits per heavy atom. The number of amides is 3. The van der Waals surface area contributed by atoms with Gasteiger partial charge in [-0.15, -0.1) is 0 Å². The SMILES string of the molecule is Cc1cc(C(=[NH2+])C(N)=O)c(NCC(=O)N2CCC[C@H]2C(=O)NN2CCCC(C)(C)C2)cn1. The van der Waals surface area contributed by atoms with E-state index in [1.54, 1.807) is 17.9 Å². The van der Waals surface area contributed by atoms with E-state index in [9.17, 15) is 14.4 Å². The average molecular weight is 445 g/mol. The van der Waals surface area contributed by atoms with Gasteiger partial charge in [0.05, 0.1) is 24.0 Å². The molecule has 0 saturated carbocycles. The van der Waals surface area contributed by atoms with Gasteiger partial charge in [0.1, 0.15) is 6.04 Å². The van der Waals surface area contributed by atoms with Crippen molar-refractivity contribution in [1.82, 2.24) is 20.3 Å². The lowest BCUT2D eigenvalue weighted by Gasteiger charge is -2.38. The normalized spacial score (nSPS) is 20.6. The van der Waals surface area contributed by atoms with E-state index in [-0.39, 0.29) is 29.5 Å². The number of hydrogen-bond acceptors (Lipinski definition) is 6. The van der Waals surface area contributed by atoms with Crippen LogP contribution in [0.3, 0.4) is 0 Å². The van der Waals surface area contributed by atoms with Crippen LogP contribution in [0.5, 0.6) is 0 Å². The standard InChI is InChI=1S/C22H33N7O3/c1-14-10-15(19(23)20(24)31)16(11-25-14)26-12-18(30)29-9-4-6-17(29)21(32)27-28-8-5-7-22(2,3)13-28/h10-11,17,23,26H,4-9,12-13H2,1-3H3,(H2,24,31)(H,27,32)/p+1/t17-/m0/s1. The lowest BCUT2D eigenvalue weighted by molar-refractivity contribution is -0.140. The topological polar surface area (TPSA) is 146 Å². The average Bonchev–Trinajstić information content (AvgIpc) is 3.21. The molecule has 6 N–H and O–H groups in total. The summed E-state index contributed by atoms with van der Waals surface area (Å²) in [5.74, 6) is -1.09. The molecule has 0 aliphatic carbocycles. The van der Waals surface area contributed by atoms with Crippen molar-refractivity contribution in [3.8, 4) is 0 Å². The number of likely N-dealkylation sites (tertiary alicyclic amines) is 1. The van der Waals surface area contributed by atoms with E-state index in [1.807, 2.05) is 5.01 Å². The van der Waals surface area contributed by atoms with Crippen molar-refractivity contribution in [2.75, 3.05) is 31.5 Å². The maximum atomic E-state index is 12.9. The predicted octanol–water partition coefficient (Wildman–Crippen LogP) is -1.02. The molecule has 10 heteroatoms. The fourth-order valence-electron chi connectivity index (χ4n) is 4.42. The molecule has 1 aromatic heterocycles. The summed E-state index contributed by atoms with van der Waals surface area (Å²) in [7, 11) is 0. The highest BCUT2D eigenvalue weighted by Crippen LogP contribution is 2.27. The summed E-state index contributed by atoms with van der Waals surface area (Å²) >= 11 is 0. The van der Waals surface area contributed by atoms with Gasteiger partial charge in [-0.05, 0) is 44.1 Å². The molecule has 0 spiro atoms. The molecule has 2 aliphatic rings. The Labute approximate surface area is 188 Å². The molecule has 2 fully saturated rings. The molecule has 3 heterocycles. The van der Waals surface area contributed by atoms with Gasteiger partial charge in [-0.3, -0.25) is 24.8 Å². The van der Waals surface area contributed by atoms with Crippen LogP contribution in [-0.2, 0) is 14.4 Å². The number of nitrogens with zero attached hydrogens (tertiary/aromatic N) is 3. The molecule has 0 radical (unpaired) electrons. The minimum atomic E-state index is -0.748. The lowest BCUT2D eigenvalue weighted by atomic mass is 9.85. The van der Waals surface area contributed by atoms with Crippen LogP contribution >= 0.6 is 0 Å². The van der Waals surface area contributed by atoms with Gasteiger partial charge >= 0.3 is 5.91 Å². The van der Waals surface area contributed by atoms with Crippen LogP contribution in [0, 0.1) is 12.3 Å². The van der Waals surface area contributed by atoms with Crippen molar-refractivity contribution >= 4 is 29.1 Å². The quantitative estimate of drug-likeness (QED) is 0.396. The minimum absolute atomic E-state index is 0.0513. The number of hydrazine groups is 1. The van der Waals surface area contributed by atoms with E-state index < -0.39 is 11.9 Å². The second-order valence-electron chi connectivity index (χ2n) is 9.41. The van der Waals surface area contributed by atoms with Gasteiger partial charge < -0.3 is 16.0 Å². The molecule has 0 unspecified atom stereocenters. The summed E-state index contributed by atoms with van der Waals surface area (Å²) in [6, 6.07) is 1.14. The number of anilines is 1. The van der Waals surface area contributed by atoms with Crippen molar-refractivity contribution in [2.24, 2.45) is 11.1 Å². The zero-order valence-corrected chi connectivity index (χ0v) is 19.1. The Morgan fingerprint density at radius 2 is 2.03 bits per heavy atom. The number of aryl methyl sites for hydroxylation is 1. The molecule has 2 saturated heterocycles. The van der Waals surface area contributed by atoms with Crippen LogP contribution in [0.1, 0.15) is 50.8 Å². The van der Waals surface area contributed by atoms with E-state index in [0.29, 0.717) is 29.9 Å². The molecule has 0 bridgehead atoms. The number of carbonyl (C=O) groups is 3. The fourth-order valence-corrected chi connectivity index (χ4v) is 4.42. The molecule has 1 aromatic rings. The zero-order valence-electron chi connectivity index (χ0n) is 19.1. The summed E-state index contributed by atoms with van der Waals surface area (Å²) in [5.41, 5.74) is 9.89. The summed E-state index contributed by atoms with van der Waals surface area (Å²) < 4.78 is 0. The second-order valence-corrected chi connectivity index (χ2v) is 9.41. The molecule has 3 rings (SSSR count). The molecule has 174 valence electrons. The van der Waals surface area contributed by atoms with Gasteiger partial charge in [-0.1, -0.05) is 13.8 Å². The number of nitrogens with one attached hydrogen (secondary N) is 2. The van der Waals surface area contributed by atoms with Crippen LogP contribution in [0.15, 0.2) is 12.3 Å². The summed E-state index contributed by atoms with van der Waals surface area (Å²) in [6.45, 7) is 8.24. The van der Waals surface area contributed by atoms with Crippen molar-refractivity contribution in [2.45, 2.75) is 52.5 Å². The fraction of sp³-hybridized carbons (Fsp3) is 0.591. The molecular formula is C22H34N7O3+. The van der Waals surface area contributed by atoms with Gasteiger partial charge in [0.2, 0.25) is 5.91 Å². The van der Waals surface area contributed by atoms with Crippen molar-refractivity contribution < 1.29 is 19.8 Å². The first-order chi connectivity index (χ1) is 15.1. The number of nitrogens with two attached hydrogens (primary N) is 2. The Hall–Kier alpha value is -3.01. The molecule has 3 amide bonds. The minimum Gasteiger partial charge on any atom is -0.374 e. The van der Waals surface area contributed by atoms with Gasteiger partial charge in [0.25, 0.3) is 11.6 Å². The largest absolute Gasteiger partial charge is 0.374 e. The van der Waals surface area contributed by atoms with Crippen LogP contribution in [0.25, 0.3) is 0 Å². The number of hydrogen-bond donors (Lipinski definition) is 4. The second kappa shape index (κ2) is 9.64. The van der Waals surface area contributed by atoms with Crippen molar-refractivity contribution in [3.63, 3.8) is 0 Å². The summed E-state index contributed by atoms with van der Waals surface area (Å²) in [6.07, 6.45) is 5.08. The molecule has 1 atom stereocenters. The summed E-state index contributed by atoms with van der Waals surface area (Å²) in [4.78, 5) is 43.2. The Bertz CT molecular complexity index is 915. The highest BCUT2D eigenvalue weighted by atomic mass is 16.2. The van der Waals surface area contributed by atoms with Gasteiger partial charge in [0, 0.05) is 25.3 Å². The number of piperidine rings is 1. The van der Waals surface area contributed by atoms with E-state index in [1.165, 1.54) is 6.20 Å². The highest BCUT2D eigenvalue weighted by Gasteiger charge is 2.36. The number of primary amides is 1. The number of carbonyl (C=O) groups excluding carboxylic acids is 3. The number of aromatic nitrogens is 1. The third-order valence-corrected chi connectivity index (χ3v) is 6.07. The van der Waals surface area contributed by atoms with Gasteiger partial charge in [-0.2, -0.15) is 0 Å². The van der Waals surface area contributed by atoms with Crippen LogP contribution in [-0.4, -0.2) is 70.5 Å². The van der Waals surface area contributed by atoms with Crippen LogP contribution in [0.2, 0.25) is 0 Å². The Morgan fingerprint density at radius 3 is 2.72 bits per heavy atom. The Balaban J connectivity index is 1.62. The van der Waals surface area contributed by atoms with Crippen molar-refractivity contribution in [3.05, 3.63) is 23.5 Å². The Kier molecular flexibility index (Phi) is 7.12. The van der Waals surface area contributed by atoms with Gasteiger partial charge in [-0.25, -0.2) is 10.4 Å². The lowest BCUT2D eigenvalue weighted by Crippen LogP contribution is -2.55. The third-order valence-electron chi connectivity index (χ3n) is 6.07. The maximum absolute atomic E-state index is 12.9. The predicted molar refractivity (Wildman–Crippen MR) is 120 cm³/mol. The molecular weight excluding hydrogens is 410 g/mol. The third kappa shape index (κ3) is 5.61. The van der Waals surface area contributed by atoms with E-state index in [2.05, 4.69) is 29.6 Å².